The summed E-state index contributed by atoms with van der Waals surface area (Å²) < 4.78 is 5.76. The van der Waals surface area contributed by atoms with Gasteiger partial charge in [0.2, 0.25) is 5.91 Å². The van der Waals surface area contributed by atoms with Crippen LogP contribution in [0, 0.1) is 0 Å². The van der Waals surface area contributed by atoms with Crippen LogP contribution in [-0.4, -0.2) is 17.6 Å². The number of anilines is 2. The van der Waals surface area contributed by atoms with Crippen LogP contribution in [0.1, 0.15) is 10.4 Å². The first-order chi connectivity index (χ1) is 17.0. The highest BCUT2D eigenvalue weighted by molar-refractivity contribution is 8.00. The van der Waals surface area contributed by atoms with Crippen molar-refractivity contribution in [3.05, 3.63) is 113 Å². The standard InChI is InChI=1S/C27H20Cl2N2O3S/c28-18-6-15-24(25(29)16-18)27(33)31-20-9-13-23(14-10-20)35-17-26(32)30-19-7-11-22(12-8-19)34-21-4-2-1-3-5-21/h1-16H,17H2,(H,30,32)(H,31,33). The third-order valence-electron chi connectivity index (χ3n) is 4.77. The molecule has 0 saturated carbocycles. The second-order valence-corrected chi connectivity index (χ2v) is 9.27. The predicted octanol–water partition coefficient (Wildman–Crippen LogP) is 7.77. The Morgan fingerprint density at radius 1 is 0.743 bits per heavy atom. The summed E-state index contributed by atoms with van der Waals surface area (Å²) >= 11 is 13.4. The van der Waals surface area contributed by atoms with Gasteiger partial charge in [0, 0.05) is 21.3 Å². The van der Waals surface area contributed by atoms with Crippen LogP contribution in [0.4, 0.5) is 11.4 Å². The van der Waals surface area contributed by atoms with Crippen molar-refractivity contribution in [2.24, 2.45) is 0 Å². The van der Waals surface area contributed by atoms with E-state index in [-0.39, 0.29) is 22.6 Å². The Morgan fingerprint density at radius 3 is 2.06 bits per heavy atom. The van der Waals surface area contributed by atoms with Gasteiger partial charge in [-0.1, -0.05) is 41.4 Å². The van der Waals surface area contributed by atoms with E-state index in [2.05, 4.69) is 10.6 Å². The van der Waals surface area contributed by atoms with Crippen LogP contribution >= 0.6 is 35.0 Å². The molecule has 4 rings (SSSR count). The molecule has 0 aliphatic heterocycles. The normalized spacial score (nSPS) is 10.5. The highest BCUT2D eigenvalue weighted by Crippen LogP contribution is 2.25. The summed E-state index contributed by atoms with van der Waals surface area (Å²) in [5, 5.41) is 6.42. The summed E-state index contributed by atoms with van der Waals surface area (Å²) in [5.41, 5.74) is 1.65. The molecule has 4 aromatic carbocycles. The first-order valence-electron chi connectivity index (χ1n) is 10.6. The fraction of sp³-hybridized carbons (Fsp3) is 0.0370. The number of amides is 2. The van der Waals surface area contributed by atoms with Gasteiger partial charge >= 0.3 is 0 Å². The molecule has 0 saturated heterocycles. The Hall–Kier alpha value is -3.45. The molecule has 0 aliphatic rings. The second-order valence-electron chi connectivity index (χ2n) is 7.38. The second kappa shape index (κ2) is 11.8. The first-order valence-corrected chi connectivity index (χ1v) is 12.3. The zero-order chi connectivity index (χ0) is 24.6. The molecule has 35 heavy (non-hydrogen) atoms. The SMILES string of the molecule is O=C(CSc1ccc(NC(=O)c2ccc(Cl)cc2Cl)cc1)Nc1ccc(Oc2ccccc2)cc1. The lowest BCUT2D eigenvalue weighted by Crippen LogP contribution is -2.14. The number of ether oxygens (including phenoxy) is 1. The minimum atomic E-state index is -0.327. The van der Waals surface area contributed by atoms with E-state index in [0.29, 0.717) is 27.7 Å². The number of hydrogen-bond acceptors (Lipinski definition) is 4. The highest BCUT2D eigenvalue weighted by atomic mass is 35.5. The molecule has 0 fully saturated rings. The van der Waals surface area contributed by atoms with Crippen LogP contribution < -0.4 is 15.4 Å². The molecule has 0 aromatic heterocycles. The summed E-state index contributed by atoms with van der Waals surface area (Å²) in [5.74, 6) is 1.23. The monoisotopic (exact) mass is 522 g/mol. The number of carbonyl (C=O) groups is 2. The molecule has 0 radical (unpaired) electrons. The number of para-hydroxylation sites is 1. The lowest BCUT2D eigenvalue weighted by atomic mass is 10.2. The molecule has 0 aliphatic carbocycles. The molecule has 4 aromatic rings. The summed E-state index contributed by atoms with van der Waals surface area (Å²) in [6.07, 6.45) is 0. The molecule has 176 valence electrons. The zero-order valence-electron chi connectivity index (χ0n) is 18.3. The van der Waals surface area contributed by atoms with Gasteiger partial charge in [0.25, 0.3) is 5.91 Å². The van der Waals surface area contributed by atoms with Gasteiger partial charge in [-0.25, -0.2) is 0 Å². The van der Waals surface area contributed by atoms with Gasteiger partial charge in [-0.05, 0) is 78.9 Å². The van der Waals surface area contributed by atoms with Crippen molar-refractivity contribution in [2.45, 2.75) is 4.90 Å². The summed E-state index contributed by atoms with van der Waals surface area (Å²) in [6, 6.07) is 28.6. The smallest absolute Gasteiger partial charge is 0.257 e. The molecular weight excluding hydrogens is 503 g/mol. The molecule has 0 heterocycles. The van der Waals surface area contributed by atoms with E-state index < -0.39 is 0 Å². The Balaban J connectivity index is 1.25. The number of carbonyl (C=O) groups excluding carboxylic acids is 2. The van der Waals surface area contributed by atoms with Crippen molar-refractivity contribution in [1.29, 1.82) is 0 Å². The van der Waals surface area contributed by atoms with Crippen molar-refractivity contribution < 1.29 is 14.3 Å². The molecule has 0 bridgehead atoms. The van der Waals surface area contributed by atoms with E-state index in [4.69, 9.17) is 27.9 Å². The van der Waals surface area contributed by atoms with Crippen molar-refractivity contribution in [3.8, 4) is 11.5 Å². The molecule has 0 unspecified atom stereocenters. The largest absolute Gasteiger partial charge is 0.457 e. The molecule has 2 amide bonds. The summed E-state index contributed by atoms with van der Waals surface area (Å²) in [6.45, 7) is 0. The first kappa shape index (κ1) is 24.7. The number of thioether (sulfide) groups is 1. The summed E-state index contributed by atoms with van der Waals surface area (Å²) in [7, 11) is 0. The highest BCUT2D eigenvalue weighted by Gasteiger charge is 2.11. The average molecular weight is 523 g/mol. The quantitative estimate of drug-likeness (QED) is 0.232. The number of rotatable bonds is 8. The molecule has 0 atom stereocenters. The number of nitrogens with one attached hydrogen (secondary N) is 2. The zero-order valence-corrected chi connectivity index (χ0v) is 20.7. The molecular formula is C27H20Cl2N2O3S. The van der Waals surface area contributed by atoms with Crippen LogP contribution in [0.2, 0.25) is 10.0 Å². The van der Waals surface area contributed by atoms with Crippen LogP contribution in [0.25, 0.3) is 0 Å². The van der Waals surface area contributed by atoms with Crippen LogP contribution in [0.3, 0.4) is 0 Å². The third-order valence-corrected chi connectivity index (χ3v) is 6.33. The minimum Gasteiger partial charge on any atom is -0.457 e. The van der Waals surface area contributed by atoms with Crippen molar-refractivity contribution in [2.75, 3.05) is 16.4 Å². The molecule has 5 nitrogen and oxygen atoms in total. The molecule has 8 heteroatoms. The summed E-state index contributed by atoms with van der Waals surface area (Å²) in [4.78, 5) is 25.7. The Bertz CT molecular complexity index is 1310. The maximum atomic E-state index is 12.4. The molecule has 2 N–H and O–H groups in total. The van der Waals surface area contributed by atoms with Crippen molar-refractivity contribution in [1.82, 2.24) is 0 Å². The van der Waals surface area contributed by atoms with Gasteiger partial charge in [0.1, 0.15) is 11.5 Å². The predicted molar refractivity (Wildman–Crippen MR) is 143 cm³/mol. The van der Waals surface area contributed by atoms with Crippen LogP contribution in [-0.2, 0) is 4.79 Å². The van der Waals surface area contributed by atoms with Gasteiger partial charge in [-0.3, -0.25) is 9.59 Å². The maximum Gasteiger partial charge on any atom is 0.257 e. The Kier molecular flexibility index (Phi) is 8.32. The van der Waals surface area contributed by atoms with Crippen molar-refractivity contribution in [3.63, 3.8) is 0 Å². The number of hydrogen-bond donors (Lipinski definition) is 2. The fourth-order valence-corrected chi connectivity index (χ4v) is 4.28. The van der Waals surface area contributed by atoms with E-state index >= 15 is 0 Å². The van der Waals surface area contributed by atoms with Gasteiger partial charge in [-0.2, -0.15) is 0 Å². The average Bonchev–Trinajstić information content (AvgIpc) is 2.85. The van der Waals surface area contributed by atoms with Gasteiger partial charge < -0.3 is 15.4 Å². The van der Waals surface area contributed by atoms with Crippen molar-refractivity contribution >= 4 is 58.2 Å². The Labute approximate surface area is 217 Å². The van der Waals surface area contributed by atoms with Gasteiger partial charge in [0.05, 0.1) is 16.3 Å². The lowest BCUT2D eigenvalue weighted by Gasteiger charge is -2.09. The van der Waals surface area contributed by atoms with Crippen LogP contribution in [0.15, 0.2) is 102 Å². The number of halogens is 2. The fourth-order valence-electron chi connectivity index (χ4n) is 3.08. The molecule has 0 spiro atoms. The lowest BCUT2D eigenvalue weighted by molar-refractivity contribution is -0.113. The van der Waals surface area contributed by atoms with E-state index in [1.54, 1.807) is 48.5 Å². The maximum absolute atomic E-state index is 12.4. The topological polar surface area (TPSA) is 67.4 Å². The van der Waals surface area contributed by atoms with E-state index in [0.717, 1.165) is 10.6 Å². The van der Waals surface area contributed by atoms with Crippen LogP contribution in [0.5, 0.6) is 11.5 Å². The van der Waals surface area contributed by atoms with Gasteiger partial charge in [-0.15, -0.1) is 11.8 Å². The Morgan fingerprint density at radius 2 is 1.37 bits per heavy atom. The van der Waals surface area contributed by atoms with E-state index in [1.165, 1.54) is 17.8 Å². The van der Waals surface area contributed by atoms with E-state index in [9.17, 15) is 9.59 Å². The third kappa shape index (κ3) is 7.26. The van der Waals surface area contributed by atoms with E-state index in [1.807, 2.05) is 42.5 Å². The minimum absolute atomic E-state index is 0.124. The number of benzene rings is 4. The van der Waals surface area contributed by atoms with Gasteiger partial charge in [0.15, 0.2) is 0 Å².